The van der Waals surface area contributed by atoms with Gasteiger partial charge in [0.2, 0.25) is 0 Å². The molecule has 82 valence electrons. The van der Waals surface area contributed by atoms with Crippen LogP contribution in [0.2, 0.25) is 0 Å². The minimum absolute atomic E-state index is 0.508. The fourth-order valence-electron chi connectivity index (χ4n) is 1.99. The molecule has 0 radical (unpaired) electrons. The number of piperazine rings is 1. The molecule has 1 aliphatic heterocycles. The molecule has 1 fully saturated rings. The van der Waals surface area contributed by atoms with Crippen molar-refractivity contribution in [3.63, 3.8) is 0 Å². The molecule has 2 atom stereocenters. The summed E-state index contributed by atoms with van der Waals surface area (Å²) < 4.78 is 0.508. The second kappa shape index (κ2) is 5.27. The predicted octanol–water partition coefficient (Wildman–Crippen LogP) is 2.41. The zero-order chi connectivity index (χ0) is 10.7. The molecule has 0 amide bonds. The van der Waals surface area contributed by atoms with Crippen LogP contribution < -0.4 is 5.32 Å². The molecule has 0 aliphatic carbocycles. The molecule has 3 heteroatoms. The quantitative estimate of drug-likeness (QED) is 0.512. The monoisotopic (exact) mass is 316 g/mol. The van der Waals surface area contributed by atoms with Crippen LogP contribution in [0.4, 0.5) is 0 Å². The molecule has 15 heavy (non-hydrogen) atoms. The van der Waals surface area contributed by atoms with E-state index >= 15 is 0 Å². The second-order valence-corrected chi connectivity index (χ2v) is 5.28. The standard InChI is InChI=1S/C12H17IN2/c1-10-9-15(8-7-14-10)12(13)11-5-3-2-4-6-11/h2-6,10,12,14H,7-9H2,1H3. The lowest BCUT2D eigenvalue weighted by atomic mass is 10.1. The molecule has 0 bridgehead atoms. The lowest BCUT2D eigenvalue weighted by Crippen LogP contribution is -2.49. The Hall–Kier alpha value is -0.130. The Balaban J connectivity index is 2.04. The highest BCUT2D eigenvalue weighted by Gasteiger charge is 2.22. The summed E-state index contributed by atoms with van der Waals surface area (Å²) in [5.74, 6) is 0. The lowest BCUT2D eigenvalue weighted by molar-refractivity contribution is 0.202. The van der Waals surface area contributed by atoms with Crippen LogP contribution in [0, 0.1) is 0 Å². The van der Waals surface area contributed by atoms with Gasteiger partial charge in [0.25, 0.3) is 0 Å². The van der Waals surface area contributed by atoms with Gasteiger partial charge in [-0.2, -0.15) is 0 Å². The number of hydrogen-bond acceptors (Lipinski definition) is 2. The van der Waals surface area contributed by atoms with Crippen molar-refractivity contribution in [1.82, 2.24) is 10.2 Å². The van der Waals surface area contributed by atoms with Crippen LogP contribution >= 0.6 is 22.6 Å². The third-order valence-corrected chi connectivity index (χ3v) is 4.30. The van der Waals surface area contributed by atoms with Gasteiger partial charge in [0.15, 0.2) is 0 Å². The number of halogens is 1. The van der Waals surface area contributed by atoms with E-state index in [1.165, 1.54) is 5.56 Å². The number of nitrogens with one attached hydrogen (secondary N) is 1. The highest BCUT2D eigenvalue weighted by molar-refractivity contribution is 14.1. The highest BCUT2D eigenvalue weighted by atomic mass is 127. The predicted molar refractivity (Wildman–Crippen MR) is 72.2 cm³/mol. The van der Waals surface area contributed by atoms with Crippen LogP contribution in [0.1, 0.15) is 16.5 Å². The fourth-order valence-corrected chi connectivity index (χ4v) is 2.91. The van der Waals surface area contributed by atoms with E-state index in [0.717, 1.165) is 19.6 Å². The summed E-state index contributed by atoms with van der Waals surface area (Å²) in [6.45, 7) is 5.64. The van der Waals surface area contributed by atoms with Gasteiger partial charge in [-0.25, -0.2) is 0 Å². The van der Waals surface area contributed by atoms with E-state index in [9.17, 15) is 0 Å². The summed E-state index contributed by atoms with van der Waals surface area (Å²) >= 11 is 2.53. The van der Waals surface area contributed by atoms with E-state index < -0.39 is 0 Å². The maximum atomic E-state index is 3.47. The minimum Gasteiger partial charge on any atom is -0.312 e. The first-order valence-corrected chi connectivity index (χ1v) is 6.68. The van der Waals surface area contributed by atoms with E-state index in [0.29, 0.717) is 10.1 Å². The molecule has 1 aromatic rings. The Morgan fingerprint density at radius 1 is 1.40 bits per heavy atom. The molecule has 1 aliphatic rings. The normalized spacial score (nSPS) is 25.1. The summed E-state index contributed by atoms with van der Waals surface area (Å²) in [6, 6.07) is 11.3. The Labute approximate surface area is 105 Å². The molecule has 0 spiro atoms. The van der Waals surface area contributed by atoms with Gasteiger partial charge in [0.1, 0.15) is 0 Å². The smallest absolute Gasteiger partial charge is 0.0875 e. The van der Waals surface area contributed by atoms with Crippen molar-refractivity contribution in [3.05, 3.63) is 35.9 Å². The molecule has 1 saturated heterocycles. The van der Waals surface area contributed by atoms with Crippen molar-refractivity contribution in [2.45, 2.75) is 17.0 Å². The van der Waals surface area contributed by atoms with Crippen LogP contribution in [-0.4, -0.2) is 30.6 Å². The van der Waals surface area contributed by atoms with E-state index in [1.807, 2.05) is 0 Å². The highest BCUT2D eigenvalue weighted by Crippen LogP contribution is 2.28. The van der Waals surface area contributed by atoms with Crippen molar-refractivity contribution >= 4 is 22.6 Å². The van der Waals surface area contributed by atoms with Gasteiger partial charge in [0, 0.05) is 25.7 Å². The van der Waals surface area contributed by atoms with Crippen LogP contribution in [0.25, 0.3) is 0 Å². The molecule has 1 aromatic carbocycles. The minimum atomic E-state index is 0.508. The van der Waals surface area contributed by atoms with Crippen molar-refractivity contribution < 1.29 is 0 Å². The third-order valence-electron chi connectivity index (χ3n) is 2.80. The van der Waals surface area contributed by atoms with E-state index in [1.54, 1.807) is 0 Å². The van der Waals surface area contributed by atoms with Crippen molar-refractivity contribution in [2.75, 3.05) is 19.6 Å². The zero-order valence-electron chi connectivity index (χ0n) is 8.99. The Kier molecular flexibility index (Phi) is 3.99. The van der Waals surface area contributed by atoms with Crippen LogP contribution in [0.5, 0.6) is 0 Å². The Morgan fingerprint density at radius 3 is 2.80 bits per heavy atom. The molecule has 1 heterocycles. The number of benzene rings is 1. The van der Waals surface area contributed by atoms with E-state index in [-0.39, 0.29) is 0 Å². The maximum Gasteiger partial charge on any atom is 0.0875 e. The number of alkyl halides is 1. The van der Waals surface area contributed by atoms with Crippen LogP contribution in [-0.2, 0) is 0 Å². The van der Waals surface area contributed by atoms with E-state index in [4.69, 9.17) is 0 Å². The van der Waals surface area contributed by atoms with Gasteiger partial charge in [-0.1, -0.05) is 52.9 Å². The molecule has 0 aromatic heterocycles. The van der Waals surface area contributed by atoms with Crippen LogP contribution in [0.3, 0.4) is 0 Å². The molecular formula is C12H17IN2. The molecular weight excluding hydrogens is 299 g/mol. The average molecular weight is 316 g/mol. The van der Waals surface area contributed by atoms with Gasteiger partial charge < -0.3 is 5.32 Å². The SMILES string of the molecule is CC1CN(C(I)c2ccccc2)CCN1. The zero-order valence-corrected chi connectivity index (χ0v) is 11.1. The summed E-state index contributed by atoms with van der Waals surface area (Å²) in [5.41, 5.74) is 1.41. The molecule has 2 rings (SSSR count). The lowest BCUT2D eigenvalue weighted by Gasteiger charge is -2.35. The molecule has 1 N–H and O–H groups in total. The third kappa shape index (κ3) is 2.92. The first kappa shape index (κ1) is 11.4. The Morgan fingerprint density at radius 2 is 2.13 bits per heavy atom. The molecule has 2 nitrogen and oxygen atoms in total. The van der Waals surface area contributed by atoms with Gasteiger partial charge in [-0.05, 0) is 12.5 Å². The molecule has 0 saturated carbocycles. The maximum absolute atomic E-state index is 3.47. The van der Waals surface area contributed by atoms with Gasteiger partial charge in [-0.3, -0.25) is 4.90 Å². The summed E-state index contributed by atoms with van der Waals surface area (Å²) in [6.07, 6.45) is 0. The van der Waals surface area contributed by atoms with Gasteiger partial charge in [0.05, 0.1) is 4.05 Å². The van der Waals surface area contributed by atoms with Crippen LogP contribution in [0.15, 0.2) is 30.3 Å². The summed E-state index contributed by atoms with van der Waals surface area (Å²) in [4.78, 5) is 2.54. The first-order valence-electron chi connectivity index (χ1n) is 5.44. The summed E-state index contributed by atoms with van der Waals surface area (Å²) in [5, 5.41) is 3.47. The number of nitrogens with zero attached hydrogens (tertiary/aromatic N) is 1. The number of hydrogen-bond donors (Lipinski definition) is 1. The Bertz CT molecular complexity index is 302. The number of rotatable bonds is 2. The molecule has 2 unspecified atom stereocenters. The second-order valence-electron chi connectivity index (χ2n) is 4.10. The first-order chi connectivity index (χ1) is 7.27. The van der Waals surface area contributed by atoms with Crippen molar-refractivity contribution in [2.24, 2.45) is 0 Å². The van der Waals surface area contributed by atoms with Gasteiger partial charge in [-0.15, -0.1) is 0 Å². The average Bonchev–Trinajstić information content (AvgIpc) is 2.29. The largest absolute Gasteiger partial charge is 0.312 e. The topological polar surface area (TPSA) is 15.3 Å². The van der Waals surface area contributed by atoms with Gasteiger partial charge >= 0.3 is 0 Å². The van der Waals surface area contributed by atoms with E-state index in [2.05, 4.69) is 70.1 Å². The summed E-state index contributed by atoms with van der Waals surface area (Å²) in [7, 11) is 0. The fraction of sp³-hybridized carbons (Fsp3) is 0.500. The van der Waals surface area contributed by atoms with Crippen molar-refractivity contribution in [1.29, 1.82) is 0 Å². The van der Waals surface area contributed by atoms with Crippen molar-refractivity contribution in [3.8, 4) is 0 Å².